The molecule has 0 fully saturated rings. The summed E-state index contributed by atoms with van der Waals surface area (Å²) in [4.78, 5) is 6.93. The van der Waals surface area contributed by atoms with E-state index in [4.69, 9.17) is 13.3 Å². The lowest BCUT2D eigenvalue weighted by Gasteiger charge is -2.25. The number of nitrogens with zero attached hydrogens (tertiary/aromatic N) is 6. The van der Waals surface area contributed by atoms with Crippen LogP contribution in [0.5, 0.6) is 0 Å². The Kier molecular flexibility index (Phi) is 17.3. The lowest BCUT2D eigenvalue weighted by Crippen LogP contribution is -2.09. The third-order valence-corrected chi connectivity index (χ3v) is 31.4. The summed E-state index contributed by atoms with van der Waals surface area (Å²) in [5.74, 6) is 0. The summed E-state index contributed by atoms with van der Waals surface area (Å²) in [5, 5.41) is 37.2. The van der Waals surface area contributed by atoms with Crippen molar-refractivity contribution in [3.63, 3.8) is 0 Å². The van der Waals surface area contributed by atoms with Crippen molar-refractivity contribution in [2.24, 2.45) is 0 Å². The molecule has 0 unspecified atom stereocenters. The van der Waals surface area contributed by atoms with Crippen LogP contribution in [0, 0.1) is 0 Å². The number of para-hydroxylation sites is 6. The lowest BCUT2D eigenvalue weighted by molar-refractivity contribution is 0.669. The second-order valence-electron chi connectivity index (χ2n) is 39.0. The van der Waals surface area contributed by atoms with Crippen LogP contribution in [0.3, 0.4) is 0 Å². The number of rotatable bonds is 12. The molecule has 1 aliphatic rings. The van der Waals surface area contributed by atoms with Gasteiger partial charge in [0.05, 0.1) is 33.1 Å². The zero-order valence-electron chi connectivity index (χ0n) is 79.3. The highest BCUT2D eigenvalue weighted by Crippen LogP contribution is 2.58. The van der Waals surface area contributed by atoms with E-state index >= 15 is 0 Å². The topological polar surface area (TPSA) is 63.9 Å². The van der Waals surface area contributed by atoms with Crippen LogP contribution in [-0.2, 0) is 0 Å². The van der Waals surface area contributed by atoms with Crippen molar-refractivity contribution in [2.45, 2.75) is 0 Å². The third kappa shape index (κ3) is 11.8. The SMILES string of the molecule is c1ccc(N(c2ccccc2)c2ccc(-n3c4ccc5oc6cccc7c8ccccc8c8cc9ccccc9c3c8c4c5c67)cc2)cc1.c1ccc(N(c2ccccc2)c2ccc(-n3c4cccc5c6cccc7c6c6c8c-7cccc8cc7oc8ccc3c(c8c76)c54)cc2)cc1.c1ccc(N(c2ccccc2)c2ccc(-n3c4cccc5c6ccccc6c6cc7ccccc7c7oc8ccc3c(c8c67)c54)cc2)cc1. The van der Waals surface area contributed by atoms with Crippen molar-refractivity contribution in [1.29, 1.82) is 0 Å². The molecule has 0 aliphatic heterocycles. The van der Waals surface area contributed by atoms with Crippen LogP contribution in [0.15, 0.2) is 511 Å². The van der Waals surface area contributed by atoms with E-state index in [0.29, 0.717) is 0 Å². The van der Waals surface area contributed by atoms with Gasteiger partial charge in [-0.25, -0.2) is 0 Å². The van der Waals surface area contributed by atoms with E-state index in [9.17, 15) is 0 Å². The highest BCUT2D eigenvalue weighted by molar-refractivity contribution is 6.47. The molecule has 0 amide bonds. The van der Waals surface area contributed by atoms with E-state index in [1.807, 2.05) is 0 Å². The van der Waals surface area contributed by atoms with Gasteiger partial charge in [0.2, 0.25) is 0 Å². The number of furan rings is 3. The normalized spacial score (nSPS) is 12.2. The molecule has 27 aromatic carbocycles. The predicted octanol–water partition coefficient (Wildman–Crippen LogP) is 39.1. The van der Waals surface area contributed by atoms with Crippen LogP contribution in [0.4, 0.5) is 51.2 Å². The molecule has 0 bridgehead atoms. The number of anilines is 9. The van der Waals surface area contributed by atoms with E-state index in [0.717, 1.165) is 107 Å². The van der Waals surface area contributed by atoms with Gasteiger partial charge >= 0.3 is 0 Å². The highest BCUT2D eigenvalue weighted by atomic mass is 16.3. The standard InChI is InChI=1S/C46H26N2O.2C46H28N2O/c1-3-11-28(12-4-1)47(29-13-5-2-6-14-29)30-20-22-31(23-21-30)48-36-19-9-18-35-34-17-8-16-33-32-15-7-10-27-26-39-45(46(40(27)32)41(33)34)44-38(49-39)25-24-37(48)43(44)42(35)36;1-3-13-30(14-4-1)47(31-15-5-2-6-16-31)32-22-24-33(25-23-32)48-39-26-27-41-45-42-37(20-11-21-40(42)49-41)35-18-9-10-19-36(35)38-28-29-12-7-8-17-34(29)46(48)43(38)44(39)45;1-3-13-30(14-4-1)47(31-15-5-2-6-16-31)32-22-24-33(25-23-32)48-39-21-11-20-37-35-18-9-10-19-36(35)38-28-29-12-7-8-17-34(29)46-43(38)45-41(49-46)27-26-40(48)44(45)42(37)39/h1-26H;2*1-28H. The predicted molar refractivity (Wildman–Crippen MR) is 618 cm³/mol. The van der Waals surface area contributed by atoms with Gasteiger partial charge in [0.25, 0.3) is 0 Å². The molecule has 682 valence electrons. The van der Waals surface area contributed by atoms with Crippen molar-refractivity contribution in [2.75, 3.05) is 14.7 Å². The molecule has 6 heterocycles. The van der Waals surface area contributed by atoms with Gasteiger partial charge in [0, 0.05) is 149 Å². The minimum Gasteiger partial charge on any atom is -0.456 e. The highest BCUT2D eigenvalue weighted by Gasteiger charge is 2.33. The fourth-order valence-corrected chi connectivity index (χ4v) is 25.5. The number of hydrogen-bond donors (Lipinski definition) is 0. The maximum atomic E-state index is 6.83. The minimum absolute atomic E-state index is 0.921. The Labute approximate surface area is 840 Å². The number of fused-ring (bicyclic) bond motifs is 12. The molecule has 0 radical (unpaired) electrons. The van der Waals surface area contributed by atoms with Gasteiger partial charge in [-0.2, -0.15) is 0 Å². The fourth-order valence-electron chi connectivity index (χ4n) is 25.5. The Hall–Kier alpha value is -19.7. The fraction of sp³-hybridized carbons (Fsp3) is 0. The first-order valence-electron chi connectivity index (χ1n) is 50.4. The first-order chi connectivity index (χ1) is 73.0. The molecule has 6 aromatic heterocycles. The Morgan fingerprint density at radius 2 is 0.442 bits per heavy atom. The second-order valence-corrected chi connectivity index (χ2v) is 39.0. The molecule has 9 nitrogen and oxygen atoms in total. The number of aromatic nitrogens is 3. The molecule has 0 saturated carbocycles. The Balaban J connectivity index is 0.0000000980. The van der Waals surface area contributed by atoms with Crippen molar-refractivity contribution in [3.05, 3.63) is 497 Å². The van der Waals surface area contributed by atoms with E-state index in [1.165, 1.54) is 200 Å². The molecule has 0 spiro atoms. The van der Waals surface area contributed by atoms with Gasteiger partial charge in [0.15, 0.2) is 0 Å². The third-order valence-electron chi connectivity index (χ3n) is 31.4. The molecule has 0 atom stereocenters. The van der Waals surface area contributed by atoms with Crippen molar-refractivity contribution >= 4 is 279 Å². The van der Waals surface area contributed by atoms with Crippen molar-refractivity contribution in [3.8, 4) is 28.2 Å². The van der Waals surface area contributed by atoms with E-state index in [-0.39, 0.29) is 0 Å². The van der Waals surface area contributed by atoms with Crippen LogP contribution in [0.1, 0.15) is 0 Å². The minimum atomic E-state index is 0.921. The number of hydrogen-bond acceptors (Lipinski definition) is 6. The molecular formula is C138H82N6O3. The summed E-state index contributed by atoms with van der Waals surface area (Å²) in [7, 11) is 0. The Bertz CT molecular complexity index is 10900. The summed E-state index contributed by atoms with van der Waals surface area (Å²) < 4.78 is 27.5. The van der Waals surface area contributed by atoms with E-state index < -0.39 is 0 Å². The Morgan fingerprint density at radius 1 is 0.143 bits per heavy atom. The van der Waals surface area contributed by atoms with Crippen LogP contribution in [-0.4, -0.2) is 13.7 Å². The van der Waals surface area contributed by atoms with Gasteiger partial charge in [-0.05, 0) is 310 Å². The molecular weight excluding hydrogens is 1790 g/mol. The van der Waals surface area contributed by atoms with E-state index in [1.54, 1.807) is 0 Å². The zero-order valence-corrected chi connectivity index (χ0v) is 79.3. The van der Waals surface area contributed by atoms with Crippen LogP contribution >= 0.6 is 0 Å². The zero-order chi connectivity index (χ0) is 95.9. The van der Waals surface area contributed by atoms with Gasteiger partial charge in [-0.15, -0.1) is 0 Å². The second kappa shape index (κ2) is 31.4. The first-order valence-corrected chi connectivity index (χ1v) is 50.4. The lowest BCUT2D eigenvalue weighted by atomic mass is 9.93. The average Bonchev–Trinajstić information content (AvgIpc) is 1.51. The monoisotopic (exact) mass is 1870 g/mol. The van der Waals surface area contributed by atoms with Gasteiger partial charge in [-0.1, -0.05) is 279 Å². The van der Waals surface area contributed by atoms with Gasteiger partial charge < -0.3 is 41.7 Å². The summed E-state index contributed by atoms with van der Waals surface area (Å²) >= 11 is 0. The van der Waals surface area contributed by atoms with Crippen LogP contribution < -0.4 is 14.7 Å². The molecule has 9 heteroatoms. The molecule has 0 saturated heterocycles. The molecule has 0 N–H and O–H groups in total. The van der Waals surface area contributed by atoms with E-state index in [2.05, 4.69) is 526 Å². The maximum Gasteiger partial charge on any atom is 0.143 e. The number of benzene rings is 24. The summed E-state index contributed by atoms with van der Waals surface area (Å²) in [6, 6.07) is 179. The summed E-state index contributed by atoms with van der Waals surface area (Å²) in [6.07, 6.45) is 0. The quantitative estimate of drug-likeness (QED) is 0.121. The van der Waals surface area contributed by atoms with Gasteiger partial charge in [-0.3, -0.25) is 0 Å². The van der Waals surface area contributed by atoms with Crippen molar-refractivity contribution in [1.82, 2.24) is 13.7 Å². The molecule has 34 rings (SSSR count). The first kappa shape index (κ1) is 81.0. The van der Waals surface area contributed by atoms with Crippen LogP contribution in [0.25, 0.3) is 256 Å². The largest absolute Gasteiger partial charge is 0.456 e. The average molecular weight is 1870 g/mol. The smallest absolute Gasteiger partial charge is 0.143 e. The molecule has 147 heavy (non-hydrogen) atoms. The van der Waals surface area contributed by atoms with Crippen LogP contribution in [0.2, 0.25) is 0 Å². The van der Waals surface area contributed by atoms with Gasteiger partial charge in [0.1, 0.15) is 33.5 Å². The summed E-state index contributed by atoms with van der Waals surface area (Å²) in [6.45, 7) is 0. The Morgan fingerprint density at radius 3 is 0.925 bits per heavy atom. The molecule has 1 aliphatic carbocycles. The molecule has 33 aromatic rings. The summed E-state index contributed by atoms with van der Waals surface area (Å²) in [5.41, 5.74) is 28.8. The maximum absolute atomic E-state index is 6.83. The van der Waals surface area contributed by atoms with Crippen molar-refractivity contribution < 1.29 is 13.3 Å².